The molecule has 0 aliphatic heterocycles. The van der Waals surface area contributed by atoms with Gasteiger partial charge in [-0.05, 0) is 46.5 Å². The van der Waals surface area contributed by atoms with Gasteiger partial charge in [0.15, 0.2) is 0 Å². The van der Waals surface area contributed by atoms with E-state index in [4.69, 9.17) is 18.9 Å². The average Bonchev–Trinajstić information content (AvgIpc) is 3.19. The fourth-order valence-corrected chi connectivity index (χ4v) is 5.60. The van der Waals surface area contributed by atoms with Crippen molar-refractivity contribution in [3.63, 3.8) is 0 Å². The number of carboxylic acid groups (broad SMARTS) is 2. The third-order valence-corrected chi connectivity index (χ3v) is 8.37. The molecule has 0 bridgehead atoms. The van der Waals surface area contributed by atoms with E-state index in [1.807, 2.05) is 121 Å². The van der Waals surface area contributed by atoms with Crippen LogP contribution in [0, 0.1) is 0 Å². The molecule has 3 N–H and O–H groups in total. The highest BCUT2D eigenvalue weighted by Crippen LogP contribution is 2.33. The molecular formula is C44H39NO8. The van der Waals surface area contributed by atoms with Crippen molar-refractivity contribution in [2.45, 2.75) is 39.5 Å². The maximum Gasteiger partial charge on any atom is 0.339 e. The second-order valence-corrected chi connectivity index (χ2v) is 12.2. The van der Waals surface area contributed by atoms with E-state index in [0.29, 0.717) is 22.6 Å². The van der Waals surface area contributed by atoms with Crippen LogP contribution in [0.15, 0.2) is 146 Å². The topological polar surface area (TPSA) is 124 Å². The fraction of sp³-hybridized carbons (Fsp3) is 0.136. The summed E-state index contributed by atoms with van der Waals surface area (Å²) in [4.78, 5) is 24.8. The molecule has 0 radical (unpaired) electrons. The molecule has 0 aliphatic carbocycles. The minimum absolute atomic E-state index is 0.0196. The zero-order valence-electron chi connectivity index (χ0n) is 28.9. The van der Waals surface area contributed by atoms with Crippen LogP contribution < -0.4 is 24.3 Å². The minimum Gasteiger partial charge on any atom is -0.489 e. The molecule has 0 amide bonds. The van der Waals surface area contributed by atoms with E-state index in [0.717, 1.165) is 22.3 Å². The first-order chi connectivity index (χ1) is 25.9. The summed E-state index contributed by atoms with van der Waals surface area (Å²) in [6.07, 6.45) is 0. The molecule has 9 nitrogen and oxygen atoms in total. The minimum atomic E-state index is -1.14. The summed E-state index contributed by atoms with van der Waals surface area (Å²) in [5.41, 5.74) is 4.94. The summed E-state index contributed by atoms with van der Waals surface area (Å²) in [7, 11) is 0. The van der Waals surface area contributed by atoms with E-state index < -0.39 is 11.9 Å². The molecule has 0 aliphatic rings. The number of ether oxygens (including phenoxy) is 4. The Morgan fingerprint density at radius 2 is 0.698 bits per heavy atom. The highest BCUT2D eigenvalue weighted by molar-refractivity contribution is 5.92. The van der Waals surface area contributed by atoms with Crippen molar-refractivity contribution < 1.29 is 38.7 Å². The second kappa shape index (κ2) is 18.1. The second-order valence-electron chi connectivity index (χ2n) is 12.2. The molecule has 0 atom stereocenters. The van der Waals surface area contributed by atoms with Gasteiger partial charge in [0.1, 0.15) is 60.6 Å². The van der Waals surface area contributed by atoms with E-state index in [1.54, 1.807) is 12.1 Å². The van der Waals surface area contributed by atoms with Gasteiger partial charge in [-0.2, -0.15) is 0 Å². The van der Waals surface area contributed by atoms with Crippen LogP contribution in [0.25, 0.3) is 0 Å². The SMILES string of the molecule is O=C(O)c1cc(OCc2ccccc2)c(CNCc2cc(OCc3ccccc3)c(C(=O)O)cc2OCc2ccccc2)cc1OCc1ccccc1. The predicted molar refractivity (Wildman–Crippen MR) is 200 cm³/mol. The predicted octanol–water partition coefficient (Wildman–Crippen LogP) is 8.69. The standard InChI is InChI=1S/C44H39NO8/c46-43(47)37-23-39(50-27-31-13-5-1-6-14-31)35(21-41(37)52-29-33-17-9-3-10-18-33)25-45-26-36-22-42(53-30-34-19-11-4-12-20-34)38(44(48)49)24-40(36)51-28-32-15-7-2-8-16-32/h1-24,45H,25-30H2,(H,46,47)(H,48,49). The van der Waals surface area contributed by atoms with Crippen LogP contribution in [-0.2, 0) is 39.5 Å². The summed E-state index contributed by atoms with van der Waals surface area (Å²) in [5, 5.41) is 23.7. The molecule has 6 rings (SSSR count). The molecular weight excluding hydrogens is 670 g/mol. The lowest BCUT2D eigenvalue weighted by atomic mass is 10.1. The number of nitrogens with one attached hydrogen (secondary N) is 1. The highest BCUT2D eigenvalue weighted by Gasteiger charge is 2.20. The van der Waals surface area contributed by atoms with E-state index >= 15 is 0 Å². The molecule has 0 unspecified atom stereocenters. The highest BCUT2D eigenvalue weighted by atomic mass is 16.5. The summed E-state index contributed by atoms with van der Waals surface area (Å²) in [5.74, 6) is -1.09. The quantitative estimate of drug-likeness (QED) is 0.0804. The summed E-state index contributed by atoms with van der Waals surface area (Å²) >= 11 is 0. The van der Waals surface area contributed by atoms with Crippen molar-refractivity contribution in [3.8, 4) is 23.0 Å². The van der Waals surface area contributed by atoms with Gasteiger partial charge in [0.2, 0.25) is 0 Å². The number of aromatic carboxylic acids is 2. The first kappa shape index (κ1) is 36.2. The van der Waals surface area contributed by atoms with Crippen LogP contribution >= 0.6 is 0 Å². The Balaban J connectivity index is 1.28. The van der Waals surface area contributed by atoms with Crippen LogP contribution in [0.4, 0.5) is 0 Å². The number of hydrogen-bond acceptors (Lipinski definition) is 7. The monoisotopic (exact) mass is 709 g/mol. The number of carboxylic acids is 2. The largest absolute Gasteiger partial charge is 0.489 e. The van der Waals surface area contributed by atoms with Gasteiger partial charge in [-0.25, -0.2) is 9.59 Å². The summed E-state index contributed by atoms with van der Waals surface area (Å²) in [6.45, 7) is 1.33. The smallest absolute Gasteiger partial charge is 0.339 e. The normalized spacial score (nSPS) is 10.7. The Bertz CT molecular complexity index is 1950. The van der Waals surface area contributed by atoms with Gasteiger partial charge < -0.3 is 34.5 Å². The Labute approximate surface area is 308 Å². The van der Waals surface area contributed by atoms with E-state index in [2.05, 4.69) is 5.32 Å². The lowest BCUT2D eigenvalue weighted by Crippen LogP contribution is -2.16. The van der Waals surface area contributed by atoms with E-state index in [1.165, 1.54) is 12.1 Å². The van der Waals surface area contributed by atoms with Crippen LogP contribution in [0.3, 0.4) is 0 Å². The number of carbonyl (C=O) groups is 2. The van der Waals surface area contributed by atoms with Crippen molar-refractivity contribution in [2.24, 2.45) is 0 Å². The first-order valence-electron chi connectivity index (χ1n) is 17.1. The third-order valence-electron chi connectivity index (χ3n) is 8.37. The summed E-state index contributed by atoms with van der Waals surface area (Å²) in [6, 6.07) is 44.6. The van der Waals surface area contributed by atoms with Gasteiger partial charge >= 0.3 is 11.9 Å². The maximum absolute atomic E-state index is 12.4. The number of hydrogen-bond donors (Lipinski definition) is 3. The average molecular weight is 710 g/mol. The molecule has 0 saturated heterocycles. The van der Waals surface area contributed by atoms with E-state index in [-0.39, 0.29) is 62.1 Å². The molecule has 6 aromatic rings. The molecule has 0 spiro atoms. The zero-order valence-corrected chi connectivity index (χ0v) is 28.9. The van der Waals surface area contributed by atoms with Gasteiger partial charge in [-0.15, -0.1) is 0 Å². The summed E-state index contributed by atoms with van der Waals surface area (Å²) < 4.78 is 24.5. The Kier molecular flexibility index (Phi) is 12.4. The Morgan fingerprint density at radius 3 is 0.981 bits per heavy atom. The van der Waals surface area contributed by atoms with Crippen molar-refractivity contribution >= 4 is 11.9 Å². The molecule has 0 saturated carbocycles. The lowest BCUT2D eigenvalue weighted by Gasteiger charge is -2.19. The van der Waals surface area contributed by atoms with Crippen molar-refractivity contribution in [1.82, 2.24) is 5.32 Å². The molecule has 9 heteroatoms. The van der Waals surface area contributed by atoms with Crippen LogP contribution in [0.1, 0.15) is 54.1 Å². The van der Waals surface area contributed by atoms with Crippen molar-refractivity contribution in [1.29, 1.82) is 0 Å². The third kappa shape index (κ3) is 10.2. The molecule has 0 heterocycles. The maximum atomic E-state index is 12.4. The number of rotatable bonds is 18. The number of benzene rings is 6. The van der Waals surface area contributed by atoms with Crippen molar-refractivity contribution in [2.75, 3.05) is 0 Å². The van der Waals surface area contributed by atoms with E-state index in [9.17, 15) is 19.8 Å². The Morgan fingerprint density at radius 1 is 0.415 bits per heavy atom. The lowest BCUT2D eigenvalue weighted by molar-refractivity contribution is 0.0680. The molecule has 268 valence electrons. The van der Waals surface area contributed by atoms with Gasteiger partial charge in [0.05, 0.1) is 0 Å². The van der Waals surface area contributed by atoms with Crippen molar-refractivity contribution in [3.05, 3.63) is 190 Å². The fourth-order valence-electron chi connectivity index (χ4n) is 5.60. The molecule has 0 fully saturated rings. The van der Waals surface area contributed by atoms with Gasteiger partial charge in [-0.1, -0.05) is 121 Å². The van der Waals surface area contributed by atoms with Crippen LogP contribution in [-0.4, -0.2) is 22.2 Å². The van der Waals surface area contributed by atoms with Gasteiger partial charge in [-0.3, -0.25) is 0 Å². The first-order valence-corrected chi connectivity index (χ1v) is 17.1. The Hall–Kier alpha value is -6.58. The molecule has 6 aromatic carbocycles. The zero-order chi connectivity index (χ0) is 36.8. The molecule has 0 aromatic heterocycles. The van der Waals surface area contributed by atoms with Gasteiger partial charge in [0, 0.05) is 24.2 Å². The van der Waals surface area contributed by atoms with Crippen LogP contribution in [0.2, 0.25) is 0 Å². The van der Waals surface area contributed by atoms with Crippen LogP contribution in [0.5, 0.6) is 23.0 Å². The molecule has 53 heavy (non-hydrogen) atoms. The van der Waals surface area contributed by atoms with Gasteiger partial charge in [0.25, 0.3) is 0 Å².